The SMILES string of the molecule is Cc1c(O)ccc(C2(c3ccc(O)c(C)c3C)c3ccccc3-c3ccccc32)c1C. The van der Waals surface area contributed by atoms with Gasteiger partial charge in [0.25, 0.3) is 0 Å². The second-order valence-corrected chi connectivity index (χ2v) is 8.61. The summed E-state index contributed by atoms with van der Waals surface area (Å²) in [6.07, 6.45) is 0. The summed E-state index contributed by atoms with van der Waals surface area (Å²) in [5.41, 5.74) is 10.7. The van der Waals surface area contributed by atoms with Gasteiger partial charge in [0.2, 0.25) is 0 Å². The molecule has 1 aliphatic carbocycles. The molecule has 0 fully saturated rings. The predicted molar refractivity (Wildman–Crippen MR) is 126 cm³/mol. The molecule has 0 spiro atoms. The average Bonchev–Trinajstić information content (AvgIpc) is 3.07. The van der Waals surface area contributed by atoms with Crippen LogP contribution in [0, 0.1) is 27.7 Å². The van der Waals surface area contributed by atoms with Crippen LogP contribution in [0.3, 0.4) is 0 Å². The van der Waals surface area contributed by atoms with Crippen LogP contribution in [0.5, 0.6) is 11.5 Å². The Bertz CT molecular complexity index is 1240. The van der Waals surface area contributed by atoms with Crippen molar-refractivity contribution in [1.29, 1.82) is 0 Å². The maximum Gasteiger partial charge on any atom is 0.118 e. The largest absolute Gasteiger partial charge is 0.508 e. The Morgan fingerprint density at radius 2 is 0.839 bits per heavy atom. The highest BCUT2D eigenvalue weighted by Crippen LogP contribution is 2.58. The van der Waals surface area contributed by atoms with E-state index in [1.807, 2.05) is 26.0 Å². The van der Waals surface area contributed by atoms with Crippen molar-refractivity contribution in [1.82, 2.24) is 0 Å². The number of rotatable bonds is 2. The Kier molecular flexibility index (Phi) is 4.23. The molecule has 0 radical (unpaired) electrons. The number of phenols is 2. The van der Waals surface area contributed by atoms with Crippen LogP contribution in [0.25, 0.3) is 11.1 Å². The summed E-state index contributed by atoms with van der Waals surface area (Å²) in [7, 11) is 0. The van der Waals surface area contributed by atoms with Crippen LogP contribution in [0.1, 0.15) is 44.5 Å². The molecule has 31 heavy (non-hydrogen) atoms. The van der Waals surface area contributed by atoms with Crippen LogP contribution < -0.4 is 0 Å². The van der Waals surface area contributed by atoms with Crippen molar-refractivity contribution in [2.45, 2.75) is 33.1 Å². The van der Waals surface area contributed by atoms with E-state index in [2.05, 4.69) is 74.5 Å². The van der Waals surface area contributed by atoms with E-state index in [0.29, 0.717) is 11.5 Å². The van der Waals surface area contributed by atoms with E-state index < -0.39 is 5.41 Å². The fraction of sp³-hybridized carbons (Fsp3) is 0.172. The van der Waals surface area contributed by atoms with E-state index in [1.165, 1.54) is 22.3 Å². The monoisotopic (exact) mass is 406 g/mol. The van der Waals surface area contributed by atoms with E-state index in [9.17, 15) is 10.2 Å². The van der Waals surface area contributed by atoms with Crippen molar-refractivity contribution < 1.29 is 10.2 Å². The lowest BCUT2D eigenvalue weighted by Gasteiger charge is -2.37. The molecule has 0 saturated heterocycles. The summed E-state index contributed by atoms with van der Waals surface area (Å²) in [4.78, 5) is 0. The number of aromatic hydroxyl groups is 2. The molecule has 2 heteroatoms. The summed E-state index contributed by atoms with van der Waals surface area (Å²) in [5, 5.41) is 20.8. The second kappa shape index (κ2) is 6.75. The number of benzene rings is 4. The van der Waals surface area contributed by atoms with Crippen LogP contribution in [0.2, 0.25) is 0 Å². The minimum atomic E-state index is -0.529. The summed E-state index contributed by atoms with van der Waals surface area (Å²) >= 11 is 0. The van der Waals surface area contributed by atoms with Gasteiger partial charge in [-0.15, -0.1) is 0 Å². The van der Waals surface area contributed by atoms with Gasteiger partial charge in [-0.25, -0.2) is 0 Å². The first-order valence-electron chi connectivity index (χ1n) is 10.7. The van der Waals surface area contributed by atoms with Crippen LogP contribution in [-0.4, -0.2) is 10.2 Å². The van der Waals surface area contributed by atoms with Gasteiger partial charge in [0.05, 0.1) is 5.41 Å². The maximum absolute atomic E-state index is 10.4. The molecule has 2 nitrogen and oxygen atoms in total. The van der Waals surface area contributed by atoms with Crippen molar-refractivity contribution in [3.63, 3.8) is 0 Å². The predicted octanol–water partition coefficient (Wildman–Crippen LogP) is 6.69. The summed E-state index contributed by atoms with van der Waals surface area (Å²) < 4.78 is 0. The third-order valence-electron chi connectivity index (χ3n) is 7.28. The Labute approximate surface area is 183 Å². The topological polar surface area (TPSA) is 40.5 Å². The third kappa shape index (κ3) is 2.45. The fourth-order valence-corrected chi connectivity index (χ4v) is 5.39. The van der Waals surface area contributed by atoms with Crippen LogP contribution in [0.4, 0.5) is 0 Å². The lowest BCUT2D eigenvalue weighted by molar-refractivity contribution is 0.469. The molecule has 0 unspecified atom stereocenters. The van der Waals surface area contributed by atoms with Gasteiger partial charge in [0.1, 0.15) is 11.5 Å². The Balaban J connectivity index is 2.04. The molecule has 0 heterocycles. The van der Waals surface area contributed by atoms with Gasteiger partial charge in [0, 0.05) is 0 Å². The quantitative estimate of drug-likeness (QED) is 0.343. The van der Waals surface area contributed by atoms with Crippen LogP contribution >= 0.6 is 0 Å². The zero-order chi connectivity index (χ0) is 21.9. The standard InChI is InChI=1S/C29H26O2/c1-17-19(3)27(30)15-13-23(17)29(24-14-16-28(31)20(4)18(24)2)25-11-7-5-9-21(25)22-10-6-8-12-26(22)29/h5-16,30-31H,1-4H3. The molecule has 0 amide bonds. The van der Waals surface area contributed by atoms with E-state index in [-0.39, 0.29) is 0 Å². The number of hydrogen-bond acceptors (Lipinski definition) is 2. The molecule has 4 aromatic carbocycles. The van der Waals surface area contributed by atoms with Crippen molar-refractivity contribution in [2.24, 2.45) is 0 Å². The first-order valence-corrected chi connectivity index (χ1v) is 10.7. The van der Waals surface area contributed by atoms with E-state index in [1.54, 1.807) is 0 Å². The molecular formula is C29H26O2. The van der Waals surface area contributed by atoms with Gasteiger partial charge < -0.3 is 10.2 Å². The van der Waals surface area contributed by atoms with Crippen molar-refractivity contribution in [3.8, 4) is 22.6 Å². The summed E-state index contributed by atoms with van der Waals surface area (Å²) in [6.45, 7) is 8.14. The molecule has 1 aliphatic rings. The third-order valence-corrected chi connectivity index (χ3v) is 7.28. The maximum atomic E-state index is 10.4. The highest BCUT2D eigenvalue weighted by atomic mass is 16.3. The van der Waals surface area contributed by atoms with Gasteiger partial charge in [-0.1, -0.05) is 60.7 Å². The Morgan fingerprint density at radius 3 is 1.26 bits per heavy atom. The average molecular weight is 407 g/mol. The molecule has 0 aliphatic heterocycles. The molecule has 2 N–H and O–H groups in total. The fourth-order valence-electron chi connectivity index (χ4n) is 5.39. The van der Waals surface area contributed by atoms with E-state index in [0.717, 1.165) is 33.4 Å². The minimum absolute atomic E-state index is 0.314. The molecular weight excluding hydrogens is 380 g/mol. The number of phenolic OH excluding ortho intramolecular Hbond substituents is 2. The summed E-state index contributed by atoms with van der Waals surface area (Å²) in [5.74, 6) is 0.629. The molecule has 4 aromatic rings. The zero-order valence-corrected chi connectivity index (χ0v) is 18.3. The first kappa shape index (κ1) is 19.4. The van der Waals surface area contributed by atoms with Crippen LogP contribution in [0.15, 0.2) is 72.8 Å². The lowest BCUT2D eigenvalue weighted by atomic mass is 9.64. The van der Waals surface area contributed by atoms with Crippen molar-refractivity contribution >= 4 is 0 Å². The molecule has 154 valence electrons. The smallest absolute Gasteiger partial charge is 0.118 e. The number of hydrogen-bond donors (Lipinski definition) is 2. The highest BCUT2D eigenvalue weighted by molar-refractivity contribution is 5.87. The Morgan fingerprint density at radius 1 is 0.452 bits per heavy atom. The Hall–Kier alpha value is -3.52. The van der Waals surface area contributed by atoms with Gasteiger partial charge in [-0.2, -0.15) is 0 Å². The van der Waals surface area contributed by atoms with E-state index in [4.69, 9.17) is 0 Å². The van der Waals surface area contributed by atoms with Gasteiger partial charge in [-0.05, 0) is 95.5 Å². The normalized spacial score (nSPS) is 13.7. The first-order chi connectivity index (χ1) is 14.9. The molecule has 5 rings (SSSR count). The second-order valence-electron chi connectivity index (χ2n) is 8.61. The van der Waals surface area contributed by atoms with Crippen LogP contribution in [-0.2, 0) is 5.41 Å². The molecule has 0 aromatic heterocycles. The molecule has 0 atom stereocenters. The summed E-state index contributed by atoms with van der Waals surface area (Å²) in [6, 6.07) is 25.0. The van der Waals surface area contributed by atoms with Gasteiger partial charge in [0.15, 0.2) is 0 Å². The highest BCUT2D eigenvalue weighted by Gasteiger charge is 2.47. The van der Waals surface area contributed by atoms with Gasteiger partial charge >= 0.3 is 0 Å². The number of fused-ring (bicyclic) bond motifs is 3. The minimum Gasteiger partial charge on any atom is -0.508 e. The van der Waals surface area contributed by atoms with Crippen molar-refractivity contribution in [2.75, 3.05) is 0 Å². The molecule has 0 bridgehead atoms. The van der Waals surface area contributed by atoms with Crippen molar-refractivity contribution in [3.05, 3.63) is 117 Å². The zero-order valence-electron chi connectivity index (χ0n) is 18.3. The van der Waals surface area contributed by atoms with E-state index >= 15 is 0 Å². The molecule has 0 saturated carbocycles. The lowest BCUT2D eigenvalue weighted by Crippen LogP contribution is -2.31. The van der Waals surface area contributed by atoms with Gasteiger partial charge in [-0.3, -0.25) is 0 Å².